The van der Waals surface area contributed by atoms with Gasteiger partial charge >= 0.3 is 12.1 Å². The Balaban J connectivity index is 2.28. The molecule has 0 radical (unpaired) electrons. The van der Waals surface area contributed by atoms with E-state index in [4.69, 9.17) is 9.84 Å². The van der Waals surface area contributed by atoms with Gasteiger partial charge in [0.1, 0.15) is 12.4 Å². The molecule has 0 saturated carbocycles. The zero-order chi connectivity index (χ0) is 21.1. The van der Waals surface area contributed by atoms with Crippen LogP contribution >= 0.6 is 31.9 Å². The maximum absolute atomic E-state index is 13.1. The molecule has 10 heteroatoms. The number of hydrogen-bond donors (Lipinski definition) is 2. The SMILES string of the molecule is CC(=O)Nc1cc(COc2c(Br)cc(CC(=O)O)cc2Br)cc(C(F)(F)F)c1. The molecule has 0 aliphatic rings. The third-order valence-corrected chi connectivity index (χ3v) is 4.62. The summed E-state index contributed by atoms with van der Waals surface area (Å²) in [6.45, 7) is 0.995. The zero-order valence-corrected chi connectivity index (χ0v) is 17.5. The van der Waals surface area contributed by atoms with Gasteiger partial charge in [-0.1, -0.05) is 0 Å². The number of nitrogens with one attached hydrogen (secondary N) is 1. The van der Waals surface area contributed by atoms with Crippen LogP contribution in [0.2, 0.25) is 0 Å². The topological polar surface area (TPSA) is 75.6 Å². The van der Waals surface area contributed by atoms with E-state index in [0.717, 1.165) is 12.1 Å². The third kappa shape index (κ3) is 6.23. The standard InChI is InChI=1S/C18H14Br2F3NO4/c1-9(25)24-13-3-11(2-12(7-13)18(21,22)23)8-28-17-14(19)4-10(5-15(17)20)6-16(26)27/h2-5,7H,6,8H2,1H3,(H,24,25)(H,26,27). The number of anilines is 1. The molecule has 2 rings (SSSR count). The van der Waals surface area contributed by atoms with Crippen molar-refractivity contribution in [2.24, 2.45) is 0 Å². The van der Waals surface area contributed by atoms with E-state index in [1.165, 1.54) is 13.0 Å². The number of aliphatic carboxylic acids is 1. The fourth-order valence-electron chi connectivity index (χ4n) is 2.40. The summed E-state index contributed by atoms with van der Waals surface area (Å²) in [7, 11) is 0. The quantitative estimate of drug-likeness (QED) is 0.531. The van der Waals surface area contributed by atoms with Crippen LogP contribution in [0.3, 0.4) is 0 Å². The maximum atomic E-state index is 13.1. The number of carboxylic acid groups (broad SMARTS) is 1. The molecule has 0 aliphatic heterocycles. The molecule has 2 aromatic rings. The summed E-state index contributed by atoms with van der Waals surface area (Å²) in [4.78, 5) is 22.0. The van der Waals surface area contributed by atoms with Crippen LogP contribution in [-0.2, 0) is 28.8 Å². The van der Waals surface area contributed by atoms with Crippen molar-refractivity contribution < 1.29 is 32.6 Å². The number of amides is 1. The molecule has 2 aromatic carbocycles. The predicted octanol–water partition coefficient (Wildman–Crippen LogP) is 5.39. The Morgan fingerprint density at radius 1 is 1.07 bits per heavy atom. The molecular weight excluding hydrogens is 511 g/mol. The smallest absolute Gasteiger partial charge is 0.416 e. The summed E-state index contributed by atoms with van der Waals surface area (Å²) in [5.41, 5.74) is -0.180. The average Bonchev–Trinajstić information content (AvgIpc) is 2.51. The summed E-state index contributed by atoms with van der Waals surface area (Å²) in [6, 6.07) is 6.28. The van der Waals surface area contributed by atoms with E-state index in [0.29, 0.717) is 20.3 Å². The maximum Gasteiger partial charge on any atom is 0.416 e. The van der Waals surface area contributed by atoms with Crippen LogP contribution in [0.15, 0.2) is 39.3 Å². The lowest BCUT2D eigenvalue weighted by molar-refractivity contribution is -0.138. The monoisotopic (exact) mass is 523 g/mol. The zero-order valence-electron chi connectivity index (χ0n) is 14.4. The van der Waals surface area contributed by atoms with Crippen molar-refractivity contribution in [3.63, 3.8) is 0 Å². The molecule has 2 N–H and O–H groups in total. The Morgan fingerprint density at radius 2 is 1.68 bits per heavy atom. The number of rotatable bonds is 6. The van der Waals surface area contributed by atoms with Crippen molar-refractivity contribution in [3.8, 4) is 5.75 Å². The first kappa shape index (κ1) is 22.2. The Labute approximate surface area is 175 Å². The van der Waals surface area contributed by atoms with Gasteiger partial charge in [0, 0.05) is 12.6 Å². The van der Waals surface area contributed by atoms with Gasteiger partial charge in [-0.15, -0.1) is 0 Å². The van der Waals surface area contributed by atoms with Gasteiger partial charge in [0.15, 0.2) is 0 Å². The van der Waals surface area contributed by atoms with E-state index in [-0.39, 0.29) is 24.3 Å². The lowest BCUT2D eigenvalue weighted by Gasteiger charge is -2.15. The summed E-state index contributed by atoms with van der Waals surface area (Å²) in [5.74, 6) is -1.18. The largest absolute Gasteiger partial charge is 0.487 e. The van der Waals surface area contributed by atoms with Gasteiger partial charge in [-0.3, -0.25) is 9.59 Å². The van der Waals surface area contributed by atoms with Crippen molar-refractivity contribution in [2.45, 2.75) is 26.1 Å². The van der Waals surface area contributed by atoms with E-state index in [9.17, 15) is 22.8 Å². The normalized spacial score (nSPS) is 11.2. The van der Waals surface area contributed by atoms with E-state index >= 15 is 0 Å². The lowest BCUT2D eigenvalue weighted by Crippen LogP contribution is -2.11. The third-order valence-electron chi connectivity index (χ3n) is 3.44. The fraction of sp³-hybridized carbons (Fsp3) is 0.222. The van der Waals surface area contributed by atoms with Gasteiger partial charge in [-0.2, -0.15) is 13.2 Å². The number of alkyl halides is 3. The fourth-order valence-corrected chi connectivity index (χ4v) is 3.91. The molecule has 0 unspecified atom stereocenters. The number of benzene rings is 2. The van der Waals surface area contributed by atoms with Crippen LogP contribution in [0.25, 0.3) is 0 Å². The second kappa shape index (κ2) is 8.95. The van der Waals surface area contributed by atoms with Gasteiger partial charge in [0.2, 0.25) is 5.91 Å². The first-order chi connectivity index (χ1) is 13.0. The lowest BCUT2D eigenvalue weighted by atomic mass is 10.1. The first-order valence-corrected chi connectivity index (χ1v) is 9.35. The van der Waals surface area contributed by atoms with Crippen molar-refractivity contribution in [2.75, 3.05) is 5.32 Å². The molecule has 5 nitrogen and oxygen atoms in total. The Hall–Kier alpha value is -2.07. The van der Waals surface area contributed by atoms with Gasteiger partial charge < -0.3 is 15.2 Å². The highest BCUT2D eigenvalue weighted by molar-refractivity contribution is 9.11. The molecule has 0 atom stereocenters. The van der Waals surface area contributed by atoms with Crippen molar-refractivity contribution in [1.82, 2.24) is 0 Å². The number of carbonyl (C=O) groups is 2. The molecule has 0 saturated heterocycles. The second-order valence-corrected chi connectivity index (χ2v) is 7.55. The van der Waals surface area contributed by atoms with Crippen LogP contribution in [0.1, 0.15) is 23.6 Å². The minimum absolute atomic E-state index is 0.0101. The minimum Gasteiger partial charge on any atom is -0.487 e. The number of hydrogen-bond acceptors (Lipinski definition) is 3. The molecule has 1 amide bonds. The number of ether oxygens (including phenoxy) is 1. The van der Waals surface area contributed by atoms with Gasteiger partial charge in [0.25, 0.3) is 0 Å². The van der Waals surface area contributed by atoms with E-state index in [2.05, 4.69) is 37.2 Å². The summed E-state index contributed by atoms with van der Waals surface area (Å²) in [5, 5.41) is 11.2. The minimum atomic E-state index is -4.58. The predicted molar refractivity (Wildman–Crippen MR) is 103 cm³/mol. The average molecular weight is 525 g/mol. The van der Waals surface area contributed by atoms with E-state index in [1.807, 2.05) is 0 Å². The van der Waals surface area contributed by atoms with Crippen LogP contribution in [-0.4, -0.2) is 17.0 Å². The summed E-state index contributed by atoms with van der Waals surface area (Å²) < 4.78 is 45.8. The second-order valence-electron chi connectivity index (χ2n) is 5.85. The highest BCUT2D eigenvalue weighted by Gasteiger charge is 2.31. The van der Waals surface area contributed by atoms with Crippen LogP contribution in [0.4, 0.5) is 18.9 Å². The molecule has 0 fully saturated rings. The first-order valence-electron chi connectivity index (χ1n) is 7.77. The van der Waals surface area contributed by atoms with Crippen molar-refractivity contribution >= 4 is 49.4 Å². The van der Waals surface area contributed by atoms with Crippen LogP contribution in [0.5, 0.6) is 5.75 Å². The Bertz CT molecular complexity index is 893. The molecule has 0 bridgehead atoms. The van der Waals surface area contributed by atoms with Gasteiger partial charge in [0.05, 0.1) is 20.9 Å². The molecule has 0 spiro atoms. The van der Waals surface area contributed by atoms with E-state index < -0.39 is 23.6 Å². The summed E-state index contributed by atoms with van der Waals surface area (Å²) in [6.07, 6.45) is -4.77. The molecule has 0 aromatic heterocycles. The summed E-state index contributed by atoms with van der Waals surface area (Å²) >= 11 is 6.54. The number of halogens is 5. The highest BCUT2D eigenvalue weighted by Crippen LogP contribution is 2.36. The highest BCUT2D eigenvalue weighted by atomic mass is 79.9. The van der Waals surface area contributed by atoms with Gasteiger partial charge in [-0.05, 0) is 73.3 Å². The molecule has 0 aliphatic carbocycles. The number of carboxylic acids is 1. The number of carbonyl (C=O) groups excluding carboxylic acids is 1. The van der Waals surface area contributed by atoms with Crippen molar-refractivity contribution in [1.29, 1.82) is 0 Å². The van der Waals surface area contributed by atoms with Crippen molar-refractivity contribution in [3.05, 3.63) is 56.0 Å². The van der Waals surface area contributed by atoms with E-state index in [1.54, 1.807) is 12.1 Å². The Kier molecular flexibility index (Phi) is 7.11. The Morgan fingerprint density at radius 3 is 2.18 bits per heavy atom. The van der Waals surface area contributed by atoms with Gasteiger partial charge in [-0.25, -0.2) is 0 Å². The molecular formula is C18H14Br2F3NO4. The molecule has 28 heavy (non-hydrogen) atoms. The van der Waals surface area contributed by atoms with Crippen LogP contribution < -0.4 is 10.1 Å². The molecule has 0 heterocycles. The van der Waals surface area contributed by atoms with Crippen LogP contribution in [0, 0.1) is 0 Å². The molecule has 150 valence electrons.